The van der Waals surface area contributed by atoms with Crippen molar-refractivity contribution < 1.29 is 22.4 Å². The third kappa shape index (κ3) is 7.74. The number of nitrogens with zero attached hydrogens (tertiary/aromatic N) is 2. The number of sulfonamides is 1. The van der Waals surface area contributed by atoms with Gasteiger partial charge in [0.1, 0.15) is 18.4 Å². The predicted octanol–water partition coefficient (Wildman–Crippen LogP) is 5.97. The van der Waals surface area contributed by atoms with Crippen molar-refractivity contribution in [3.8, 4) is 0 Å². The molecule has 0 aliphatic carbocycles. The van der Waals surface area contributed by atoms with E-state index in [0.29, 0.717) is 12.0 Å². The van der Waals surface area contributed by atoms with Crippen molar-refractivity contribution in [2.75, 3.05) is 10.8 Å². The topological polar surface area (TPSA) is 86.8 Å². The lowest BCUT2D eigenvalue weighted by Crippen LogP contribution is -2.52. The molecule has 0 aliphatic heterocycles. The molecule has 0 heterocycles. The lowest BCUT2D eigenvalue weighted by atomic mass is 10.1. The van der Waals surface area contributed by atoms with E-state index in [1.807, 2.05) is 20.8 Å². The van der Waals surface area contributed by atoms with Crippen molar-refractivity contribution in [2.24, 2.45) is 0 Å². The van der Waals surface area contributed by atoms with Gasteiger partial charge in [-0.15, -0.1) is 0 Å². The van der Waals surface area contributed by atoms with E-state index in [1.165, 1.54) is 59.5 Å². The Morgan fingerprint density at radius 1 is 0.950 bits per heavy atom. The van der Waals surface area contributed by atoms with Crippen LogP contribution in [0.15, 0.2) is 71.6 Å². The van der Waals surface area contributed by atoms with Crippen LogP contribution < -0.4 is 9.62 Å². The molecule has 0 aliphatic rings. The number of hydrogen-bond donors (Lipinski definition) is 1. The highest BCUT2D eigenvalue weighted by Crippen LogP contribution is 2.31. The highest BCUT2D eigenvalue weighted by molar-refractivity contribution is 7.92. The number of carbonyl (C=O) groups excluding carboxylic acids is 2. The van der Waals surface area contributed by atoms with Gasteiger partial charge in [0.15, 0.2) is 0 Å². The van der Waals surface area contributed by atoms with Gasteiger partial charge in [-0.1, -0.05) is 60.0 Å². The van der Waals surface area contributed by atoms with Gasteiger partial charge in [-0.2, -0.15) is 0 Å². The van der Waals surface area contributed by atoms with Crippen molar-refractivity contribution in [3.05, 3.63) is 93.7 Å². The molecular formula is C29H32Cl2FN3O4S. The number of amides is 2. The summed E-state index contributed by atoms with van der Waals surface area (Å²) in [5, 5.41) is 3.19. The first-order chi connectivity index (χ1) is 18.8. The lowest BCUT2D eigenvalue weighted by molar-refractivity contribution is -0.139. The number of nitrogens with one attached hydrogen (secondary N) is 1. The van der Waals surface area contributed by atoms with Gasteiger partial charge < -0.3 is 10.2 Å². The molecule has 3 aromatic carbocycles. The molecule has 0 saturated heterocycles. The first-order valence-electron chi connectivity index (χ1n) is 12.7. The molecule has 0 fully saturated rings. The SMILES string of the molecule is CC[C@H](C)NC(=O)[C@H](C)N(Cc1ccc(F)cc1)C(=O)CN(c1ccc(Cl)c(Cl)c1)S(=O)(=O)c1ccc(C)cc1. The smallest absolute Gasteiger partial charge is 0.264 e. The average Bonchev–Trinajstić information content (AvgIpc) is 2.92. The molecule has 2 atom stereocenters. The molecule has 40 heavy (non-hydrogen) atoms. The van der Waals surface area contributed by atoms with Gasteiger partial charge in [0, 0.05) is 12.6 Å². The van der Waals surface area contributed by atoms with E-state index in [1.54, 1.807) is 19.1 Å². The van der Waals surface area contributed by atoms with Gasteiger partial charge in [0.2, 0.25) is 11.8 Å². The predicted molar refractivity (Wildman–Crippen MR) is 156 cm³/mol. The number of rotatable bonds is 11. The van der Waals surface area contributed by atoms with Gasteiger partial charge in [-0.25, -0.2) is 12.8 Å². The second kappa shape index (κ2) is 13.5. The van der Waals surface area contributed by atoms with Gasteiger partial charge in [0.25, 0.3) is 10.0 Å². The zero-order chi connectivity index (χ0) is 29.6. The van der Waals surface area contributed by atoms with Crippen LogP contribution in [-0.2, 0) is 26.2 Å². The normalized spacial score (nSPS) is 12.9. The molecule has 3 aromatic rings. The maximum atomic E-state index is 13.9. The fourth-order valence-corrected chi connectivity index (χ4v) is 5.54. The zero-order valence-corrected chi connectivity index (χ0v) is 25.0. The van der Waals surface area contributed by atoms with Crippen LogP contribution in [0.1, 0.15) is 38.3 Å². The maximum Gasteiger partial charge on any atom is 0.264 e. The van der Waals surface area contributed by atoms with Crippen LogP contribution in [0, 0.1) is 12.7 Å². The molecule has 3 rings (SSSR count). The minimum absolute atomic E-state index is 0.0235. The number of halogens is 3. The third-order valence-corrected chi connectivity index (χ3v) is 9.04. The Kier molecular flexibility index (Phi) is 10.6. The molecule has 11 heteroatoms. The summed E-state index contributed by atoms with van der Waals surface area (Å²) < 4.78 is 42.2. The Hall–Kier alpha value is -3.14. The van der Waals surface area contributed by atoms with E-state index in [9.17, 15) is 22.4 Å². The Balaban J connectivity index is 2.04. The van der Waals surface area contributed by atoms with Crippen molar-refractivity contribution in [1.82, 2.24) is 10.2 Å². The van der Waals surface area contributed by atoms with Gasteiger partial charge in [0.05, 0.1) is 20.6 Å². The summed E-state index contributed by atoms with van der Waals surface area (Å²) in [4.78, 5) is 28.2. The Morgan fingerprint density at radius 3 is 2.15 bits per heavy atom. The molecule has 214 valence electrons. The van der Waals surface area contributed by atoms with Crippen LogP contribution in [0.3, 0.4) is 0 Å². The average molecular weight is 609 g/mol. The number of hydrogen-bond acceptors (Lipinski definition) is 4. The van der Waals surface area contributed by atoms with Crippen LogP contribution in [0.25, 0.3) is 0 Å². The summed E-state index contributed by atoms with van der Waals surface area (Å²) >= 11 is 12.3. The Labute approximate surface area is 244 Å². The molecule has 2 amide bonds. The summed E-state index contributed by atoms with van der Waals surface area (Å²) in [6.07, 6.45) is 0.685. The number of carbonyl (C=O) groups is 2. The van der Waals surface area contributed by atoms with Crippen molar-refractivity contribution >= 4 is 50.7 Å². The lowest BCUT2D eigenvalue weighted by Gasteiger charge is -2.32. The molecule has 0 saturated carbocycles. The van der Waals surface area contributed by atoms with E-state index in [-0.39, 0.29) is 33.2 Å². The van der Waals surface area contributed by atoms with Crippen LogP contribution in [0.4, 0.5) is 10.1 Å². The first-order valence-corrected chi connectivity index (χ1v) is 14.9. The Bertz CT molecular complexity index is 1450. The summed E-state index contributed by atoms with van der Waals surface area (Å²) in [5.74, 6) is -1.48. The summed E-state index contributed by atoms with van der Waals surface area (Å²) in [6.45, 7) is 6.48. The minimum Gasteiger partial charge on any atom is -0.352 e. The van der Waals surface area contributed by atoms with E-state index in [0.717, 1.165) is 9.87 Å². The van der Waals surface area contributed by atoms with E-state index in [2.05, 4.69) is 5.32 Å². The standard InChI is InChI=1S/C29H32Cl2FN3O4S/c1-5-20(3)33-29(37)21(4)34(17-22-8-10-23(32)11-9-22)28(36)18-35(24-12-15-26(30)27(31)16-24)40(38,39)25-13-6-19(2)7-14-25/h6-16,20-21H,5,17-18H2,1-4H3,(H,33,37)/t20-,21-/m0/s1. The molecule has 7 nitrogen and oxygen atoms in total. The molecule has 1 N–H and O–H groups in total. The summed E-state index contributed by atoms with van der Waals surface area (Å²) in [5.41, 5.74) is 1.56. The Morgan fingerprint density at radius 2 is 1.57 bits per heavy atom. The molecule has 0 aromatic heterocycles. The first kappa shape index (κ1) is 31.4. The summed E-state index contributed by atoms with van der Waals surface area (Å²) in [6, 6.07) is 14.9. The van der Waals surface area contributed by atoms with Gasteiger partial charge in [-0.3, -0.25) is 13.9 Å². The fraction of sp³-hybridized carbons (Fsp3) is 0.310. The van der Waals surface area contributed by atoms with Crippen LogP contribution >= 0.6 is 23.2 Å². The maximum absolute atomic E-state index is 13.9. The van der Waals surface area contributed by atoms with Crippen LogP contribution in [-0.4, -0.2) is 43.8 Å². The van der Waals surface area contributed by atoms with Crippen molar-refractivity contribution in [3.63, 3.8) is 0 Å². The van der Waals surface area contributed by atoms with Crippen molar-refractivity contribution in [1.29, 1.82) is 0 Å². The van der Waals surface area contributed by atoms with Crippen LogP contribution in [0.5, 0.6) is 0 Å². The molecule has 0 unspecified atom stereocenters. The summed E-state index contributed by atoms with van der Waals surface area (Å²) in [7, 11) is -4.24. The molecule has 0 spiro atoms. The molecule has 0 radical (unpaired) electrons. The fourth-order valence-electron chi connectivity index (χ4n) is 3.84. The highest BCUT2D eigenvalue weighted by atomic mass is 35.5. The van der Waals surface area contributed by atoms with E-state index < -0.39 is 40.2 Å². The van der Waals surface area contributed by atoms with Crippen molar-refractivity contribution in [2.45, 2.75) is 57.6 Å². The number of aryl methyl sites for hydroxylation is 1. The number of anilines is 1. The zero-order valence-electron chi connectivity index (χ0n) is 22.7. The quantitative estimate of drug-likeness (QED) is 0.291. The van der Waals surface area contributed by atoms with Crippen LogP contribution in [0.2, 0.25) is 10.0 Å². The monoisotopic (exact) mass is 607 g/mol. The molecule has 0 bridgehead atoms. The molecular weight excluding hydrogens is 576 g/mol. The highest BCUT2D eigenvalue weighted by Gasteiger charge is 2.33. The second-order valence-electron chi connectivity index (χ2n) is 9.57. The second-order valence-corrected chi connectivity index (χ2v) is 12.2. The van der Waals surface area contributed by atoms with Gasteiger partial charge in [-0.05, 0) is 75.2 Å². The number of benzene rings is 3. The van der Waals surface area contributed by atoms with E-state index >= 15 is 0 Å². The largest absolute Gasteiger partial charge is 0.352 e. The minimum atomic E-state index is -4.24. The van der Waals surface area contributed by atoms with E-state index in [4.69, 9.17) is 23.2 Å². The third-order valence-electron chi connectivity index (χ3n) is 6.51. The van der Waals surface area contributed by atoms with Gasteiger partial charge >= 0.3 is 0 Å².